The first-order valence-electron chi connectivity index (χ1n) is 6.83. The number of hydrogen-bond donors (Lipinski definition) is 1. The standard InChI is InChI=1S/C14H24N2O4S/c1-5-20-9-8-16(3)21(17,18)14-10-12(11-15-2)6-7-13(14)19-4/h6-7,10,15H,5,8-9,11H2,1-4H3. The molecule has 0 saturated carbocycles. The van der Waals surface area contributed by atoms with Gasteiger partial charge in [-0.05, 0) is 31.7 Å². The molecule has 6 nitrogen and oxygen atoms in total. The van der Waals surface area contributed by atoms with E-state index in [1.54, 1.807) is 19.2 Å². The van der Waals surface area contributed by atoms with Crippen LogP contribution in [0.15, 0.2) is 23.1 Å². The summed E-state index contributed by atoms with van der Waals surface area (Å²) in [5.41, 5.74) is 0.884. The largest absolute Gasteiger partial charge is 0.495 e. The first-order valence-corrected chi connectivity index (χ1v) is 8.27. The minimum absolute atomic E-state index is 0.178. The maximum Gasteiger partial charge on any atom is 0.246 e. The van der Waals surface area contributed by atoms with Gasteiger partial charge in [0.2, 0.25) is 10.0 Å². The van der Waals surface area contributed by atoms with Gasteiger partial charge in [0.1, 0.15) is 10.6 Å². The van der Waals surface area contributed by atoms with Crippen LogP contribution >= 0.6 is 0 Å². The predicted octanol–water partition coefficient (Wildman–Crippen LogP) is 1.07. The van der Waals surface area contributed by atoms with Crippen LogP contribution in [0.5, 0.6) is 5.75 Å². The molecule has 0 unspecified atom stereocenters. The van der Waals surface area contributed by atoms with E-state index in [1.807, 2.05) is 20.0 Å². The fourth-order valence-electron chi connectivity index (χ4n) is 1.86. The third kappa shape index (κ3) is 4.67. The number of sulfonamides is 1. The zero-order chi connectivity index (χ0) is 15.9. The van der Waals surface area contributed by atoms with Crippen molar-refractivity contribution < 1.29 is 17.9 Å². The van der Waals surface area contributed by atoms with Crippen LogP contribution in [0.1, 0.15) is 12.5 Å². The van der Waals surface area contributed by atoms with Crippen molar-refractivity contribution in [2.24, 2.45) is 0 Å². The van der Waals surface area contributed by atoms with Crippen molar-refractivity contribution in [1.29, 1.82) is 0 Å². The highest BCUT2D eigenvalue weighted by Gasteiger charge is 2.25. The predicted molar refractivity (Wildman–Crippen MR) is 82.1 cm³/mol. The third-order valence-electron chi connectivity index (χ3n) is 3.05. The molecule has 1 N–H and O–H groups in total. The zero-order valence-electron chi connectivity index (χ0n) is 13.0. The van der Waals surface area contributed by atoms with E-state index in [4.69, 9.17) is 9.47 Å². The molecular formula is C14H24N2O4S. The topological polar surface area (TPSA) is 67.9 Å². The Morgan fingerprint density at radius 1 is 1.33 bits per heavy atom. The average Bonchev–Trinajstić information content (AvgIpc) is 2.47. The van der Waals surface area contributed by atoms with E-state index in [1.165, 1.54) is 11.4 Å². The van der Waals surface area contributed by atoms with Gasteiger partial charge in [0.05, 0.1) is 13.7 Å². The number of nitrogens with zero attached hydrogens (tertiary/aromatic N) is 1. The van der Waals surface area contributed by atoms with E-state index < -0.39 is 10.0 Å². The number of nitrogens with one attached hydrogen (secondary N) is 1. The summed E-state index contributed by atoms with van der Waals surface area (Å²) in [4.78, 5) is 0.178. The van der Waals surface area contributed by atoms with Crippen LogP contribution in [-0.2, 0) is 21.3 Å². The fraction of sp³-hybridized carbons (Fsp3) is 0.571. The lowest BCUT2D eigenvalue weighted by molar-refractivity contribution is 0.138. The summed E-state index contributed by atoms with van der Waals surface area (Å²) in [7, 11) is 1.21. The second-order valence-corrected chi connectivity index (χ2v) is 6.55. The molecule has 0 aliphatic rings. The van der Waals surface area contributed by atoms with Crippen molar-refractivity contribution in [2.75, 3.05) is 41.0 Å². The molecule has 0 saturated heterocycles. The Kier molecular flexibility index (Phi) is 7.10. The maximum absolute atomic E-state index is 12.6. The Balaban J connectivity index is 3.07. The number of methoxy groups -OCH3 is 1. The van der Waals surface area contributed by atoms with Crippen LogP contribution in [-0.4, -0.2) is 53.7 Å². The Hall–Kier alpha value is -1.15. The van der Waals surface area contributed by atoms with Gasteiger partial charge in [0.25, 0.3) is 0 Å². The average molecular weight is 316 g/mol. The van der Waals surface area contributed by atoms with Gasteiger partial charge in [-0.15, -0.1) is 0 Å². The summed E-state index contributed by atoms with van der Waals surface area (Å²) < 4.78 is 36.9. The SMILES string of the molecule is CCOCCN(C)S(=O)(=O)c1cc(CNC)ccc1OC. The first kappa shape index (κ1) is 17.9. The van der Waals surface area contributed by atoms with Gasteiger partial charge in [-0.2, -0.15) is 4.31 Å². The summed E-state index contributed by atoms with van der Waals surface area (Å²) in [6, 6.07) is 5.16. The van der Waals surface area contributed by atoms with E-state index in [2.05, 4.69) is 5.32 Å². The fourth-order valence-corrected chi connectivity index (χ4v) is 3.22. The summed E-state index contributed by atoms with van der Waals surface area (Å²) in [6.45, 7) is 3.70. The van der Waals surface area contributed by atoms with Gasteiger partial charge >= 0.3 is 0 Å². The molecule has 0 radical (unpaired) electrons. The molecule has 21 heavy (non-hydrogen) atoms. The summed E-state index contributed by atoms with van der Waals surface area (Å²) in [5, 5.41) is 3.00. The number of benzene rings is 1. The lowest BCUT2D eigenvalue weighted by atomic mass is 10.2. The van der Waals surface area contributed by atoms with Gasteiger partial charge in [0.15, 0.2) is 0 Å². The molecule has 0 aromatic heterocycles. The molecule has 120 valence electrons. The number of likely N-dealkylation sites (N-methyl/N-ethyl adjacent to an activating group) is 1. The van der Waals surface area contributed by atoms with Gasteiger partial charge in [-0.25, -0.2) is 8.42 Å². The van der Waals surface area contributed by atoms with Gasteiger partial charge in [-0.1, -0.05) is 6.07 Å². The summed E-state index contributed by atoms with van der Waals surface area (Å²) in [6.07, 6.45) is 0. The highest BCUT2D eigenvalue weighted by molar-refractivity contribution is 7.89. The molecular weight excluding hydrogens is 292 g/mol. The third-order valence-corrected chi connectivity index (χ3v) is 4.93. The van der Waals surface area contributed by atoms with Crippen LogP contribution in [0.2, 0.25) is 0 Å². The van der Waals surface area contributed by atoms with Crippen molar-refractivity contribution in [3.8, 4) is 5.75 Å². The van der Waals surface area contributed by atoms with Crippen molar-refractivity contribution in [2.45, 2.75) is 18.4 Å². The molecule has 0 fully saturated rings. The normalized spacial score (nSPS) is 11.9. The molecule has 0 aliphatic heterocycles. The molecule has 0 aliphatic carbocycles. The van der Waals surface area contributed by atoms with Crippen LogP contribution < -0.4 is 10.1 Å². The first-order chi connectivity index (χ1) is 9.97. The number of hydrogen-bond acceptors (Lipinski definition) is 5. The lowest BCUT2D eigenvalue weighted by Gasteiger charge is -2.19. The highest BCUT2D eigenvalue weighted by atomic mass is 32.2. The van der Waals surface area contributed by atoms with Gasteiger partial charge in [-0.3, -0.25) is 0 Å². The Morgan fingerprint density at radius 2 is 2.05 bits per heavy atom. The van der Waals surface area contributed by atoms with E-state index in [9.17, 15) is 8.42 Å². The second-order valence-electron chi connectivity index (χ2n) is 4.54. The van der Waals surface area contributed by atoms with Crippen LogP contribution in [0.3, 0.4) is 0 Å². The molecule has 1 aromatic carbocycles. The zero-order valence-corrected chi connectivity index (χ0v) is 13.9. The molecule has 0 amide bonds. The van der Waals surface area contributed by atoms with Crippen LogP contribution in [0, 0.1) is 0 Å². The number of rotatable bonds is 9. The van der Waals surface area contributed by atoms with Crippen molar-refractivity contribution in [3.63, 3.8) is 0 Å². The molecule has 0 atom stereocenters. The molecule has 0 spiro atoms. The van der Waals surface area contributed by atoms with Gasteiger partial charge < -0.3 is 14.8 Å². The van der Waals surface area contributed by atoms with E-state index in [0.717, 1.165) is 5.56 Å². The van der Waals surface area contributed by atoms with Crippen molar-refractivity contribution in [3.05, 3.63) is 23.8 Å². The van der Waals surface area contributed by atoms with Gasteiger partial charge in [0, 0.05) is 26.7 Å². The molecule has 0 bridgehead atoms. The van der Waals surface area contributed by atoms with Crippen LogP contribution in [0.25, 0.3) is 0 Å². The Bertz CT molecular complexity index is 546. The summed E-state index contributed by atoms with van der Waals surface area (Å²) >= 11 is 0. The Labute approximate surface area is 127 Å². The minimum atomic E-state index is -3.60. The van der Waals surface area contributed by atoms with Crippen LogP contribution in [0.4, 0.5) is 0 Å². The molecule has 1 aromatic rings. The molecule has 1 rings (SSSR count). The van der Waals surface area contributed by atoms with Crippen molar-refractivity contribution in [1.82, 2.24) is 9.62 Å². The summed E-state index contributed by atoms with van der Waals surface area (Å²) in [5.74, 6) is 0.345. The minimum Gasteiger partial charge on any atom is -0.495 e. The quantitative estimate of drug-likeness (QED) is 0.690. The maximum atomic E-state index is 12.6. The molecule has 0 heterocycles. The monoisotopic (exact) mass is 316 g/mol. The Morgan fingerprint density at radius 3 is 2.62 bits per heavy atom. The highest BCUT2D eigenvalue weighted by Crippen LogP contribution is 2.27. The lowest BCUT2D eigenvalue weighted by Crippen LogP contribution is -2.30. The van der Waals surface area contributed by atoms with E-state index in [0.29, 0.717) is 32.1 Å². The van der Waals surface area contributed by atoms with Crippen molar-refractivity contribution >= 4 is 10.0 Å². The van der Waals surface area contributed by atoms with E-state index in [-0.39, 0.29) is 4.90 Å². The second kappa shape index (κ2) is 8.33. The smallest absolute Gasteiger partial charge is 0.246 e. The van der Waals surface area contributed by atoms with E-state index >= 15 is 0 Å². The number of ether oxygens (including phenoxy) is 2. The molecule has 7 heteroatoms.